The van der Waals surface area contributed by atoms with Gasteiger partial charge in [0, 0.05) is 22.5 Å². The van der Waals surface area contributed by atoms with E-state index in [9.17, 15) is 0 Å². The summed E-state index contributed by atoms with van der Waals surface area (Å²) < 4.78 is 1.87. The lowest BCUT2D eigenvalue weighted by Crippen LogP contribution is -2.11. The molecule has 0 spiro atoms. The molecule has 0 bridgehead atoms. The normalized spacial score (nSPS) is 10.5. The zero-order chi connectivity index (χ0) is 12.4. The number of hydrogen-bond acceptors (Lipinski definition) is 2. The first-order valence-corrected chi connectivity index (χ1v) is 5.57. The third-order valence-corrected chi connectivity index (χ3v) is 2.96. The number of nitrogens with one attached hydrogen (secondary N) is 1. The summed E-state index contributed by atoms with van der Waals surface area (Å²) in [7, 11) is 0. The van der Waals surface area contributed by atoms with Crippen molar-refractivity contribution in [1.29, 1.82) is 5.41 Å². The maximum absolute atomic E-state index is 7.33. The summed E-state index contributed by atoms with van der Waals surface area (Å²) >= 11 is 6.15. The average Bonchev–Trinajstić information content (AvgIpc) is 2.67. The lowest BCUT2D eigenvalue weighted by molar-refractivity contribution is 0.665. The Balaban J connectivity index is 2.29. The van der Waals surface area contributed by atoms with Gasteiger partial charge in [-0.15, -0.1) is 0 Å². The molecule has 0 saturated carbocycles. The predicted molar refractivity (Wildman–Crippen MR) is 68.5 cm³/mol. The molecule has 1 aromatic heterocycles. The Kier molecular flexibility index (Phi) is 3.15. The molecule has 0 saturated heterocycles. The van der Waals surface area contributed by atoms with Crippen LogP contribution in [0.5, 0.6) is 0 Å². The molecular weight excluding hydrogens is 236 g/mol. The van der Waals surface area contributed by atoms with Gasteiger partial charge in [0.1, 0.15) is 5.84 Å². The second kappa shape index (κ2) is 4.59. The second-order valence-electron chi connectivity index (χ2n) is 3.85. The van der Waals surface area contributed by atoms with Crippen molar-refractivity contribution in [3.8, 4) is 0 Å². The molecule has 0 unspecified atom stereocenters. The molecule has 4 nitrogen and oxygen atoms in total. The Labute approximate surface area is 105 Å². The second-order valence-corrected chi connectivity index (χ2v) is 4.26. The minimum Gasteiger partial charge on any atom is -0.384 e. The lowest BCUT2D eigenvalue weighted by Gasteiger charge is -2.08. The molecule has 0 aliphatic carbocycles. The van der Waals surface area contributed by atoms with E-state index in [4.69, 9.17) is 22.7 Å². The number of aryl methyl sites for hydroxylation is 1. The van der Waals surface area contributed by atoms with Crippen LogP contribution in [0.3, 0.4) is 0 Å². The highest BCUT2D eigenvalue weighted by molar-refractivity contribution is 6.31. The van der Waals surface area contributed by atoms with Crippen molar-refractivity contribution < 1.29 is 0 Å². The third kappa shape index (κ3) is 2.47. The molecule has 2 rings (SSSR count). The van der Waals surface area contributed by atoms with Gasteiger partial charge in [-0.1, -0.05) is 23.7 Å². The number of hydrogen-bond donors (Lipinski definition) is 2. The van der Waals surface area contributed by atoms with Crippen molar-refractivity contribution in [3.63, 3.8) is 0 Å². The van der Waals surface area contributed by atoms with Gasteiger partial charge in [-0.3, -0.25) is 10.1 Å². The summed E-state index contributed by atoms with van der Waals surface area (Å²) in [6.07, 6.45) is 1.76. The van der Waals surface area contributed by atoms with E-state index in [1.165, 1.54) is 0 Å². The molecule has 0 aliphatic heterocycles. The van der Waals surface area contributed by atoms with Gasteiger partial charge < -0.3 is 5.73 Å². The predicted octanol–water partition coefficient (Wildman–Crippen LogP) is 2.18. The highest BCUT2D eigenvalue weighted by Gasteiger charge is 2.06. The molecule has 3 N–H and O–H groups in total. The first-order valence-electron chi connectivity index (χ1n) is 5.19. The summed E-state index contributed by atoms with van der Waals surface area (Å²) in [6.45, 7) is 2.61. The van der Waals surface area contributed by atoms with Crippen molar-refractivity contribution >= 4 is 17.4 Å². The van der Waals surface area contributed by atoms with Crippen molar-refractivity contribution in [2.75, 3.05) is 0 Å². The zero-order valence-electron chi connectivity index (χ0n) is 9.44. The average molecular weight is 249 g/mol. The van der Waals surface area contributed by atoms with Crippen LogP contribution < -0.4 is 5.73 Å². The van der Waals surface area contributed by atoms with Gasteiger partial charge >= 0.3 is 0 Å². The number of nitrogens with two attached hydrogens (primary N) is 1. The molecule has 0 amide bonds. The number of nitrogens with zero attached hydrogens (tertiary/aromatic N) is 2. The van der Waals surface area contributed by atoms with Gasteiger partial charge in [0.15, 0.2) is 0 Å². The van der Waals surface area contributed by atoms with E-state index >= 15 is 0 Å². The van der Waals surface area contributed by atoms with Crippen molar-refractivity contribution in [2.45, 2.75) is 13.5 Å². The standard InChI is InChI=1S/C12H13ClN4/c1-8-4-5-16-17(8)7-10-3-2-9(12(14)15)6-11(10)13/h2-6H,7H2,1H3,(H3,14,15). The van der Waals surface area contributed by atoms with E-state index in [-0.39, 0.29) is 5.84 Å². The first-order chi connectivity index (χ1) is 8.08. The summed E-state index contributed by atoms with van der Waals surface area (Å²) in [5.74, 6) is 0.0220. The Hall–Kier alpha value is -1.81. The number of halogens is 1. The molecule has 0 aliphatic rings. The fourth-order valence-electron chi connectivity index (χ4n) is 1.57. The number of rotatable bonds is 3. The minimum absolute atomic E-state index is 0.0220. The topological polar surface area (TPSA) is 67.7 Å². The molecule has 17 heavy (non-hydrogen) atoms. The van der Waals surface area contributed by atoms with Crippen LogP contribution in [0.15, 0.2) is 30.5 Å². The van der Waals surface area contributed by atoms with E-state index in [2.05, 4.69) is 5.10 Å². The first kappa shape index (κ1) is 11.7. The van der Waals surface area contributed by atoms with E-state index in [0.717, 1.165) is 11.3 Å². The minimum atomic E-state index is 0.0220. The molecule has 0 atom stereocenters. The van der Waals surface area contributed by atoms with E-state index in [0.29, 0.717) is 17.1 Å². The van der Waals surface area contributed by atoms with Crippen LogP contribution in [0.4, 0.5) is 0 Å². The molecule has 2 aromatic rings. The van der Waals surface area contributed by atoms with Crippen molar-refractivity contribution in [3.05, 3.63) is 52.3 Å². The molecular formula is C12H13ClN4. The maximum Gasteiger partial charge on any atom is 0.122 e. The van der Waals surface area contributed by atoms with E-state index < -0.39 is 0 Å². The molecule has 1 aromatic carbocycles. The van der Waals surface area contributed by atoms with Crippen molar-refractivity contribution in [2.24, 2.45) is 5.73 Å². The molecule has 0 fully saturated rings. The Morgan fingerprint density at radius 3 is 2.76 bits per heavy atom. The van der Waals surface area contributed by atoms with Crippen LogP contribution in [0.25, 0.3) is 0 Å². The van der Waals surface area contributed by atoms with Gasteiger partial charge in [-0.25, -0.2) is 0 Å². The van der Waals surface area contributed by atoms with Crippen LogP contribution in [-0.4, -0.2) is 15.6 Å². The van der Waals surface area contributed by atoms with Gasteiger partial charge in [0.2, 0.25) is 0 Å². The summed E-state index contributed by atoms with van der Waals surface area (Å²) in [4.78, 5) is 0. The lowest BCUT2D eigenvalue weighted by atomic mass is 10.1. The summed E-state index contributed by atoms with van der Waals surface area (Å²) in [5, 5.41) is 12.1. The third-order valence-electron chi connectivity index (χ3n) is 2.61. The Bertz CT molecular complexity index is 559. The van der Waals surface area contributed by atoms with Crippen LogP contribution in [0.1, 0.15) is 16.8 Å². The largest absolute Gasteiger partial charge is 0.384 e. The van der Waals surface area contributed by atoms with Gasteiger partial charge in [-0.2, -0.15) is 5.10 Å². The van der Waals surface area contributed by atoms with Gasteiger partial charge in [0.25, 0.3) is 0 Å². The monoisotopic (exact) mass is 248 g/mol. The fourth-order valence-corrected chi connectivity index (χ4v) is 1.81. The van der Waals surface area contributed by atoms with Crippen LogP contribution >= 0.6 is 11.6 Å². The SMILES string of the molecule is Cc1ccnn1Cc1ccc(C(=N)N)cc1Cl. The number of amidine groups is 1. The number of benzene rings is 1. The van der Waals surface area contributed by atoms with Crippen LogP contribution in [0, 0.1) is 12.3 Å². The summed E-state index contributed by atoms with van der Waals surface area (Å²) in [6, 6.07) is 7.32. The highest BCUT2D eigenvalue weighted by atomic mass is 35.5. The van der Waals surface area contributed by atoms with Gasteiger partial charge in [0.05, 0.1) is 6.54 Å². The fraction of sp³-hybridized carbons (Fsp3) is 0.167. The quantitative estimate of drug-likeness (QED) is 0.646. The molecule has 88 valence electrons. The maximum atomic E-state index is 7.33. The van der Waals surface area contributed by atoms with E-state index in [1.54, 1.807) is 18.3 Å². The van der Waals surface area contributed by atoms with Gasteiger partial charge in [-0.05, 0) is 24.6 Å². The summed E-state index contributed by atoms with van der Waals surface area (Å²) in [5.41, 5.74) is 8.08. The smallest absolute Gasteiger partial charge is 0.122 e. The highest BCUT2D eigenvalue weighted by Crippen LogP contribution is 2.19. The molecule has 0 radical (unpaired) electrons. The zero-order valence-corrected chi connectivity index (χ0v) is 10.2. The number of nitrogen functional groups attached to an aromatic ring is 1. The molecule has 5 heteroatoms. The van der Waals surface area contributed by atoms with Crippen molar-refractivity contribution in [1.82, 2.24) is 9.78 Å². The number of aromatic nitrogens is 2. The van der Waals surface area contributed by atoms with E-state index in [1.807, 2.05) is 23.7 Å². The van der Waals surface area contributed by atoms with Crippen LogP contribution in [-0.2, 0) is 6.54 Å². The van der Waals surface area contributed by atoms with Crippen LogP contribution in [0.2, 0.25) is 5.02 Å². The Morgan fingerprint density at radius 1 is 1.47 bits per heavy atom. The molecule has 1 heterocycles. The Morgan fingerprint density at radius 2 is 2.24 bits per heavy atom.